The third-order valence-electron chi connectivity index (χ3n) is 2.78. The summed E-state index contributed by atoms with van der Waals surface area (Å²) in [6, 6.07) is 7.95. The fourth-order valence-corrected chi connectivity index (χ4v) is 1.84. The van der Waals surface area contributed by atoms with Crippen LogP contribution in [-0.4, -0.2) is 15.2 Å². The van der Waals surface area contributed by atoms with Crippen molar-refractivity contribution in [3.8, 4) is 11.5 Å². The van der Waals surface area contributed by atoms with Crippen LogP contribution in [-0.2, 0) is 5.41 Å². The Bertz CT molecular complexity index is 539. The minimum Gasteiger partial charge on any atom is -0.385 e. The van der Waals surface area contributed by atoms with Gasteiger partial charge in [0.05, 0.1) is 0 Å². The number of rotatable bonds is 2. The van der Waals surface area contributed by atoms with E-state index in [9.17, 15) is 5.11 Å². The van der Waals surface area contributed by atoms with Gasteiger partial charge in [-0.05, 0) is 24.0 Å². The van der Waals surface area contributed by atoms with E-state index in [1.807, 2.05) is 18.2 Å². The molecule has 0 spiro atoms. The maximum Gasteiger partial charge on any atom is 0.258 e. The predicted octanol–water partition coefficient (Wildman–Crippen LogP) is 3.09. The quantitative estimate of drug-likeness (QED) is 0.884. The standard InChI is InChI=1S/C14H18N2O2/c1-9(17)12-15-13(18-16-12)10-7-5-6-8-11(10)14(2,3)4/h5-9,17H,1-4H3. The molecule has 4 nitrogen and oxygen atoms in total. The van der Waals surface area contributed by atoms with E-state index in [-0.39, 0.29) is 5.41 Å². The highest BCUT2D eigenvalue weighted by atomic mass is 16.5. The zero-order chi connectivity index (χ0) is 13.3. The number of hydrogen-bond donors (Lipinski definition) is 1. The Balaban J connectivity index is 2.50. The van der Waals surface area contributed by atoms with Gasteiger partial charge >= 0.3 is 0 Å². The summed E-state index contributed by atoms with van der Waals surface area (Å²) in [6.07, 6.45) is -0.718. The summed E-state index contributed by atoms with van der Waals surface area (Å²) in [5, 5.41) is 13.2. The molecule has 1 aromatic carbocycles. The fourth-order valence-electron chi connectivity index (χ4n) is 1.84. The molecule has 0 amide bonds. The van der Waals surface area contributed by atoms with E-state index in [1.165, 1.54) is 0 Å². The summed E-state index contributed by atoms with van der Waals surface area (Å²) in [6.45, 7) is 8.03. The summed E-state index contributed by atoms with van der Waals surface area (Å²) in [4.78, 5) is 4.23. The van der Waals surface area contributed by atoms with Gasteiger partial charge in [0, 0.05) is 5.56 Å². The topological polar surface area (TPSA) is 59.2 Å². The van der Waals surface area contributed by atoms with E-state index >= 15 is 0 Å². The van der Waals surface area contributed by atoms with Crippen molar-refractivity contribution < 1.29 is 9.63 Å². The van der Waals surface area contributed by atoms with Crippen LogP contribution in [0.4, 0.5) is 0 Å². The molecule has 0 fully saturated rings. The lowest BCUT2D eigenvalue weighted by atomic mass is 9.84. The van der Waals surface area contributed by atoms with E-state index in [0.29, 0.717) is 11.7 Å². The summed E-state index contributed by atoms with van der Waals surface area (Å²) < 4.78 is 5.23. The third-order valence-corrected chi connectivity index (χ3v) is 2.78. The molecule has 96 valence electrons. The molecule has 1 heterocycles. The van der Waals surface area contributed by atoms with E-state index in [1.54, 1.807) is 6.92 Å². The highest BCUT2D eigenvalue weighted by molar-refractivity contribution is 5.60. The Morgan fingerprint density at radius 1 is 1.22 bits per heavy atom. The molecule has 1 unspecified atom stereocenters. The first-order valence-electron chi connectivity index (χ1n) is 6.01. The number of hydrogen-bond acceptors (Lipinski definition) is 4. The van der Waals surface area contributed by atoms with Gasteiger partial charge in [-0.1, -0.05) is 44.1 Å². The second-order valence-electron chi connectivity index (χ2n) is 5.43. The third kappa shape index (κ3) is 2.43. The molecule has 0 saturated heterocycles. The Kier molecular flexibility index (Phi) is 3.22. The fraction of sp³-hybridized carbons (Fsp3) is 0.429. The van der Waals surface area contributed by atoms with Crippen LogP contribution in [0.3, 0.4) is 0 Å². The van der Waals surface area contributed by atoms with Crippen molar-refractivity contribution in [2.24, 2.45) is 0 Å². The number of nitrogens with zero attached hydrogens (tertiary/aromatic N) is 2. The summed E-state index contributed by atoms with van der Waals surface area (Å²) >= 11 is 0. The maximum absolute atomic E-state index is 9.43. The van der Waals surface area contributed by atoms with Crippen molar-refractivity contribution >= 4 is 0 Å². The average molecular weight is 246 g/mol. The molecular weight excluding hydrogens is 228 g/mol. The van der Waals surface area contributed by atoms with E-state index in [0.717, 1.165) is 11.1 Å². The number of benzene rings is 1. The van der Waals surface area contributed by atoms with Gasteiger partial charge in [0.2, 0.25) is 0 Å². The van der Waals surface area contributed by atoms with Gasteiger partial charge in [0.1, 0.15) is 6.10 Å². The highest BCUT2D eigenvalue weighted by Crippen LogP contribution is 2.32. The van der Waals surface area contributed by atoms with E-state index in [4.69, 9.17) is 4.52 Å². The SMILES string of the molecule is CC(O)c1noc(-c2ccccc2C(C)(C)C)n1. The molecule has 0 bridgehead atoms. The monoisotopic (exact) mass is 246 g/mol. The Morgan fingerprint density at radius 3 is 2.44 bits per heavy atom. The number of aliphatic hydroxyl groups is 1. The normalized spacial score (nSPS) is 13.6. The molecular formula is C14H18N2O2. The van der Waals surface area contributed by atoms with Gasteiger partial charge in [0.25, 0.3) is 5.89 Å². The molecule has 0 aliphatic rings. The van der Waals surface area contributed by atoms with Gasteiger partial charge in [-0.2, -0.15) is 4.98 Å². The lowest BCUT2D eigenvalue weighted by molar-refractivity contribution is 0.184. The molecule has 0 saturated carbocycles. The Hall–Kier alpha value is -1.68. The van der Waals surface area contributed by atoms with Crippen molar-refractivity contribution in [1.29, 1.82) is 0 Å². The van der Waals surface area contributed by atoms with Crippen LogP contribution >= 0.6 is 0 Å². The molecule has 0 aliphatic carbocycles. The first kappa shape index (κ1) is 12.8. The van der Waals surface area contributed by atoms with Crippen LogP contribution in [0.1, 0.15) is 45.2 Å². The zero-order valence-corrected chi connectivity index (χ0v) is 11.1. The van der Waals surface area contributed by atoms with Crippen molar-refractivity contribution in [2.75, 3.05) is 0 Å². The smallest absolute Gasteiger partial charge is 0.258 e. The number of aliphatic hydroxyl groups excluding tert-OH is 1. The molecule has 1 aromatic heterocycles. The summed E-state index contributed by atoms with van der Waals surface area (Å²) in [5.74, 6) is 0.769. The molecule has 2 rings (SSSR count). The minimum atomic E-state index is -0.718. The molecule has 1 atom stereocenters. The van der Waals surface area contributed by atoms with Crippen LogP contribution in [0, 0.1) is 0 Å². The Morgan fingerprint density at radius 2 is 1.89 bits per heavy atom. The first-order chi connectivity index (χ1) is 8.39. The van der Waals surface area contributed by atoms with Gasteiger partial charge in [-0.25, -0.2) is 0 Å². The number of aromatic nitrogens is 2. The second-order valence-corrected chi connectivity index (χ2v) is 5.43. The molecule has 18 heavy (non-hydrogen) atoms. The van der Waals surface area contributed by atoms with Crippen molar-refractivity contribution in [3.05, 3.63) is 35.7 Å². The molecule has 2 aromatic rings. The van der Waals surface area contributed by atoms with Crippen LogP contribution in [0.15, 0.2) is 28.8 Å². The van der Waals surface area contributed by atoms with E-state index < -0.39 is 6.10 Å². The zero-order valence-electron chi connectivity index (χ0n) is 11.1. The van der Waals surface area contributed by atoms with E-state index in [2.05, 4.69) is 37.0 Å². The highest BCUT2D eigenvalue weighted by Gasteiger charge is 2.22. The van der Waals surface area contributed by atoms with Crippen LogP contribution in [0.5, 0.6) is 0 Å². The molecule has 0 radical (unpaired) electrons. The lowest BCUT2D eigenvalue weighted by Gasteiger charge is -2.21. The first-order valence-corrected chi connectivity index (χ1v) is 6.01. The van der Waals surface area contributed by atoms with Gasteiger partial charge in [-0.3, -0.25) is 0 Å². The lowest BCUT2D eigenvalue weighted by Crippen LogP contribution is -2.12. The predicted molar refractivity (Wildman–Crippen MR) is 69.1 cm³/mol. The second kappa shape index (κ2) is 4.53. The molecule has 0 aliphatic heterocycles. The maximum atomic E-state index is 9.43. The minimum absolute atomic E-state index is 0.00391. The van der Waals surface area contributed by atoms with Crippen molar-refractivity contribution in [1.82, 2.24) is 10.1 Å². The van der Waals surface area contributed by atoms with Gasteiger partial charge in [0.15, 0.2) is 5.82 Å². The Labute approximate surface area is 107 Å². The molecule has 1 N–H and O–H groups in total. The largest absolute Gasteiger partial charge is 0.385 e. The van der Waals surface area contributed by atoms with Crippen LogP contribution < -0.4 is 0 Å². The molecule has 4 heteroatoms. The average Bonchev–Trinajstić information content (AvgIpc) is 2.77. The van der Waals surface area contributed by atoms with Crippen molar-refractivity contribution in [3.63, 3.8) is 0 Å². The van der Waals surface area contributed by atoms with Crippen molar-refractivity contribution in [2.45, 2.75) is 39.2 Å². The van der Waals surface area contributed by atoms with Gasteiger partial charge < -0.3 is 9.63 Å². The van der Waals surface area contributed by atoms with Gasteiger partial charge in [-0.15, -0.1) is 0 Å². The summed E-state index contributed by atoms with van der Waals surface area (Å²) in [5.41, 5.74) is 2.06. The summed E-state index contributed by atoms with van der Waals surface area (Å²) in [7, 11) is 0. The van der Waals surface area contributed by atoms with Crippen LogP contribution in [0.2, 0.25) is 0 Å². The van der Waals surface area contributed by atoms with Crippen LogP contribution in [0.25, 0.3) is 11.5 Å².